The maximum absolute atomic E-state index is 13.0. The SMILES string of the molecule is Cc1nn(C)c(C)c1C(=O)N1CCO[C@@]2(C[C@H]3CC[C@H]2C3)C1. The van der Waals surface area contributed by atoms with Crippen LogP contribution in [0.1, 0.15) is 47.4 Å². The molecule has 5 nitrogen and oxygen atoms in total. The van der Waals surface area contributed by atoms with E-state index < -0.39 is 0 Å². The first-order chi connectivity index (χ1) is 10.5. The summed E-state index contributed by atoms with van der Waals surface area (Å²) >= 11 is 0. The summed E-state index contributed by atoms with van der Waals surface area (Å²) in [5, 5.41) is 4.39. The van der Waals surface area contributed by atoms with E-state index in [2.05, 4.69) is 5.10 Å². The molecule has 2 bridgehead atoms. The summed E-state index contributed by atoms with van der Waals surface area (Å²) in [7, 11) is 1.90. The number of aryl methyl sites for hydroxylation is 2. The molecule has 0 radical (unpaired) electrons. The van der Waals surface area contributed by atoms with E-state index in [1.54, 1.807) is 4.68 Å². The van der Waals surface area contributed by atoms with Crippen LogP contribution in [0.3, 0.4) is 0 Å². The van der Waals surface area contributed by atoms with Crippen LogP contribution in [0, 0.1) is 25.7 Å². The second kappa shape index (κ2) is 4.82. The van der Waals surface area contributed by atoms with Crippen LogP contribution in [0.15, 0.2) is 0 Å². The number of ether oxygens (including phenoxy) is 1. The van der Waals surface area contributed by atoms with Gasteiger partial charge in [0.05, 0.1) is 30.0 Å². The second-order valence-electron chi connectivity index (χ2n) is 7.39. The molecule has 1 aromatic rings. The lowest BCUT2D eigenvalue weighted by Crippen LogP contribution is -2.56. The molecule has 5 heteroatoms. The van der Waals surface area contributed by atoms with Gasteiger partial charge >= 0.3 is 0 Å². The molecular formula is C17H25N3O2. The van der Waals surface area contributed by atoms with E-state index >= 15 is 0 Å². The fraction of sp³-hybridized carbons (Fsp3) is 0.765. The van der Waals surface area contributed by atoms with Gasteiger partial charge in [-0.05, 0) is 51.4 Å². The van der Waals surface area contributed by atoms with Crippen LogP contribution in [0.2, 0.25) is 0 Å². The largest absolute Gasteiger partial charge is 0.371 e. The first kappa shape index (κ1) is 14.2. The Morgan fingerprint density at radius 2 is 2.18 bits per heavy atom. The zero-order valence-electron chi connectivity index (χ0n) is 13.8. The average Bonchev–Trinajstić information content (AvgIpc) is 3.13. The van der Waals surface area contributed by atoms with Crippen molar-refractivity contribution in [1.82, 2.24) is 14.7 Å². The minimum atomic E-state index is -0.0547. The molecule has 2 heterocycles. The van der Waals surface area contributed by atoms with Gasteiger partial charge in [-0.2, -0.15) is 5.10 Å². The zero-order valence-corrected chi connectivity index (χ0v) is 13.8. The van der Waals surface area contributed by atoms with E-state index in [0.717, 1.165) is 35.8 Å². The third kappa shape index (κ3) is 1.94. The highest BCUT2D eigenvalue weighted by Gasteiger charge is 2.54. The molecule has 3 aliphatic rings. The lowest BCUT2D eigenvalue weighted by molar-refractivity contribution is -0.129. The first-order valence-corrected chi connectivity index (χ1v) is 8.43. The molecule has 1 aliphatic heterocycles. The summed E-state index contributed by atoms with van der Waals surface area (Å²) in [6.07, 6.45) is 5.07. The molecule has 120 valence electrons. The Bertz CT molecular complexity index is 624. The zero-order chi connectivity index (χ0) is 15.5. The first-order valence-electron chi connectivity index (χ1n) is 8.43. The van der Waals surface area contributed by atoms with E-state index in [-0.39, 0.29) is 11.5 Å². The van der Waals surface area contributed by atoms with Gasteiger partial charge in [0.2, 0.25) is 0 Å². The van der Waals surface area contributed by atoms with Crippen molar-refractivity contribution in [2.24, 2.45) is 18.9 Å². The fourth-order valence-electron chi connectivity index (χ4n) is 4.99. The quantitative estimate of drug-likeness (QED) is 0.798. The Hall–Kier alpha value is -1.36. The minimum Gasteiger partial charge on any atom is -0.371 e. The van der Waals surface area contributed by atoms with E-state index in [4.69, 9.17) is 4.74 Å². The van der Waals surface area contributed by atoms with Gasteiger partial charge in [-0.15, -0.1) is 0 Å². The molecule has 1 aromatic heterocycles. The summed E-state index contributed by atoms with van der Waals surface area (Å²) in [6, 6.07) is 0. The van der Waals surface area contributed by atoms with Gasteiger partial charge in [-0.25, -0.2) is 0 Å². The topological polar surface area (TPSA) is 47.4 Å². The van der Waals surface area contributed by atoms with Crippen LogP contribution in [-0.2, 0) is 11.8 Å². The second-order valence-corrected chi connectivity index (χ2v) is 7.39. The smallest absolute Gasteiger partial charge is 0.257 e. The molecular weight excluding hydrogens is 278 g/mol. The molecule has 2 saturated carbocycles. The summed E-state index contributed by atoms with van der Waals surface area (Å²) < 4.78 is 8.03. The molecule has 3 fully saturated rings. The maximum atomic E-state index is 13.0. The molecule has 1 spiro atoms. The fourth-order valence-corrected chi connectivity index (χ4v) is 4.99. The summed E-state index contributed by atoms with van der Waals surface area (Å²) in [4.78, 5) is 15.0. The Morgan fingerprint density at radius 1 is 1.36 bits per heavy atom. The van der Waals surface area contributed by atoms with Crippen molar-refractivity contribution in [3.63, 3.8) is 0 Å². The van der Waals surface area contributed by atoms with E-state index in [1.165, 1.54) is 19.3 Å². The predicted molar refractivity (Wildman–Crippen MR) is 82.7 cm³/mol. The van der Waals surface area contributed by atoms with Crippen LogP contribution in [0.25, 0.3) is 0 Å². The standard InChI is InChI=1S/C17H25N3O2/c1-11-15(12(2)19(3)18-11)16(21)20-6-7-22-17(10-20)9-13-4-5-14(17)8-13/h13-14H,4-10H2,1-3H3/t13-,14-,17-/m0/s1. The highest BCUT2D eigenvalue weighted by atomic mass is 16.5. The van der Waals surface area contributed by atoms with E-state index in [9.17, 15) is 4.79 Å². The summed E-state index contributed by atoms with van der Waals surface area (Å²) in [5.74, 6) is 1.61. The third-order valence-electron chi connectivity index (χ3n) is 6.14. The van der Waals surface area contributed by atoms with Crippen LogP contribution in [-0.4, -0.2) is 45.9 Å². The highest BCUT2D eigenvalue weighted by Crippen LogP contribution is 2.53. The number of aromatic nitrogens is 2. The molecule has 0 aromatic carbocycles. The number of hydrogen-bond acceptors (Lipinski definition) is 3. The lowest BCUT2D eigenvalue weighted by Gasteiger charge is -2.45. The monoisotopic (exact) mass is 303 g/mol. The number of morpholine rings is 1. The lowest BCUT2D eigenvalue weighted by atomic mass is 9.82. The summed E-state index contributed by atoms with van der Waals surface area (Å²) in [6.45, 7) is 6.04. The maximum Gasteiger partial charge on any atom is 0.257 e. The number of rotatable bonds is 1. The number of fused-ring (bicyclic) bond motifs is 3. The van der Waals surface area contributed by atoms with E-state index in [1.807, 2.05) is 25.8 Å². The van der Waals surface area contributed by atoms with Gasteiger partial charge in [0.1, 0.15) is 0 Å². The normalized spacial score (nSPS) is 33.9. The third-order valence-corrected chi connectivity index (χ3v) is 6.14. The van der Waals surface area contributed by atoms with Crippen molar-refractivity contribution >= 4 is 5.91 Å². The van der Waals surface area contributed by atoms with E-state index in [0.29, 0.717) is 19.1 Å². The van der Waals surface area contributed by atoms with Crippen molar-refractivity contribution in [3.05, 3.63) is 17.0 Å². The van der Waals surface area contributed by atoms with Crippen LogP contribution < -0.4 is 0 Å². The minimum absolute atomic E-state index is 0.0547. The molecule has 2 aliphatic carbocycles. The molecule has 0 N–H and O–H groups in total. The van der Waals surface area contributed by atoms with Crippen molar-refractivity contribution in [1.29, 1.82) is 0 Å². The number of amides is 1. The Kier molecular flexibility index (Phi) is 3.12. The van der Waals surface area contributed by atoms with Crippen LogP contribution in [0.4, 0.5) is 0 Å². The van der Waals surface area contributed by atoms with Crippen LogP contribution in [0.5, 0.6) is 0 Å². The molecule has 4 rings (SSSR count). The number of carbonyl (C=O) groups excluding carboxylic acids is 1. The van der Waals surface area contributed by atoms with Gasteiger partial charge < -0.3 is 9.64 Å². The van der Waals surface area contributed by atoms with Crippen molar-refractivity contribution in [2.45, 2.75) is 45.1 Å². The molecule has 0 unspecified atom stereocenters. The number of hydrogen-bond donors (Lipinski definition) is 0. The van der Waals surface area contributed by atoms with Gasteiger partial charge in [-0.1, -0.05) is 0 Å². The Labute approximate surface area is 131 Å². The van der Waals surface area contributed by atoms with Gasteiger partial charge in [0, 0.05) is 19.3 Å². The molecule has 1 amide bonds. The Morgan fingerprint density at radius 3 is 2.77 bits per heavy atom. The number of nitrogens with zero attached hydrogens (tertiary/aromatic N) is 3. The molecule has 3 atom stereocenters. The summed E-state index contributed by atoms with van der Waals surface area (Å²) in [5.41, 5.74) is 2.51. The molecule has 1 saturated heterocycles. The van der Waals surface area contributed by atoms with Crippen LogP contribution >= 0.6 is 0 Å². The Balaban J connectivity index is 1.59. The van der Waals surface area contributed by atoms with Crippen molar-refractivity contribution in [3.8, 4) is 0 Å². The predicted octanol–water partition coefficient (Wildman–Crippen LogP) is 2.07. The van der Waals surface area contributed by atoms with Crippen molar-refractivity contribution in [2.75, 3.05) is 19.7 Å². The van der Waals surface area contributed by atoms with Gasteiger partial charge in [0.15, 0.2) is 0 Å². The van der Waals surface area contributed by atoms with Gasteiger partial charge in [0.25, 0.3) is 5.91 Å². The van der Waals surface area contributed by atoms with Gasteiger partial charge in [-0.3, -0.25) is 9.48 Å². The highest BCUT2D eigenvalue weighted by molar-refractivity contribution is 5.96. The van der Waals surface area contributed by atoms with Crippen molar-refractivity contribution < 1.29 is 9.53 Å². The number of carbonyl (C=O) groups is 1. The molecule has 22 heavy (non-hydrogen) atoms. The average molecular weight is 303 g/mol.